The van der Waals surface area contributed by atoms with Crippen LogP contribution in [0, 0.1) is 11.8 Å². The van der Waals surface area contributed by atoms with E-state index in [0.29, 0.717) is 30.2 Å². The number of hydrogen-bond acceptors (Lipinski definition) is 3. The minimum Gasteiger partial charge on any atom is -0.508 e. The van der Waals surface area contributed by atoms with Gasteiger partial charge in [0.05, 0.1) is 5.92 Å². The lowest BCUT2D eigenvalue weighted by Crippen LogP contribution is -2.23. The number of carboxylic acids is 1. The summed E-state index contributed by atoms with van der Waals surface area (Å²) in [6, 6.07) is 5.01. The molecule has 0 radical (unpaired) electrons. The van der Waals surface area contributed by atoms with Gasteiger partial charge in [0.25, 0.3) is 0 Å². The van der Waals surface area contributed by atoms with Crippen LogP contribution in [-0.4, -0.2) is 34.2 Å². The molecule has 2 N–H and O–H groups in total. The van der Waals surface area contributed by atoms with Gasteiger partial charge in [0.15, 0.2) is 0 Å². The predicted octanol–water partition coefficient (Wildman–Crippen LogP) is 2.20. The van der Waals surface area contributed by atoms with Crippen LogP contribution in [0.25, 0.3) is 0 Å². The molecular weight excluding hydrogens is 254 g/mol. The maximum Gasteiger partial charge on any atom is 0.308 e. The van der Waals surface area contributed by atoms with E-state index in [1.807, 2.05) is 11.8 Å². The SMILES string of the molecule is C[C@@H]1CN(Cc2c(O)cccc2Cl)C[C@H]1C(=O)O. The Bertz CT molecular complexity index is 443. The fraction of sp³-hybridized carbons (Fsp3) is 0.462. The summed E-state index contributed by atoms with van der Waals surface area (Å²) in [6.07, 6.45) is 0. The van der Waals surface area contributed by atoms with Gasteiger partial charge in [-0.15, -0.1) is 0 Å². The fourth-order valence-electron chi connectivity index (χ4n) is 2.45. The second-order valence-corrected chi connectivity index (χ2v) is 5.26. The summed E-state index contributed by atoms with van der Waals surface area (Å²) in [7, 11) is 0. The first-order chi connectivity index (χ1) is 8.49. The molecule has 18 heavy (non-hydrogen) atoms. The Labute approximate surface area is 111 Å². The van der Waals surface area contributed by atoms with Gasteiger partial charge >= 0.3 is 5.97 Å². The van der Waals surface area contributed by atoms with Crippen molar-refractivity contribution in [3.63, 3.8) is 0 Å². The minimum absolute atomic E-state index is 0.118. The lowest BCUT2D eigenvalue weighted by Gasteiger charge is -2.17. The van der Waals surface area contributed by atoms with E-state index in [2.05, 4.69) is 0 Å². The molecule has 1 aromatic carbocycles. The van der Waals surface area contributed by atoms with E-state index < -0.39 is 5.97 Å². The molecular formula is C13H16ClNO3. The van der Waals surface area contributed by atoms with Crippen LogP contribution in [0.3, 0.4) is 0 Å². The number of halogens is 1. The van der Waals surface area contributed by atoms with Gasteiger partial charge in [-0.2, -0.15) is 0 Å². The smallest absolute Gasteiger partial charge is 0.308 e. The molecule has 0 aliphatic carbocycles. The summed E-state index contributed by atoms with van der Waals surface area (Å²) in [5, 5.41) is 19.4. The van der Waals surface area contributed by atoms with E-state index in [1.54, 1.807) is 18.2 Å². The molecule has 0 saturated carbocycles. The van der Waals surface area contributed by atoms with Gasteiger partial charge in [0.2, 0.25) is 0 Å². The van der Waals surface area contributed by atoms with E-state index in [1.165, 1.54) is 0 Å². The number of carboxylic acid groups (broad SMARTS) is 1. The molecule has 0 bridgehead atoms. The lowest BCUT2D eigenvalue weighted by atomic mass is 9.99. The average Bonchev–Trinajstić information content (AvgIpc) is 2.65. The van der Waals surface area contributed by atoms with E-state index >= 15 is 0 Å². The Morgan fingerprint density at radius 3 is 2.78 bits per heavy atom. The monoisotopic (exact) mass is 269 g/mol. The first-order valence-corrected chi connectivity index (χ1v) is 6.28. The molecule has 1 aliphatic rings. The number of rotatable bonds is 3. The molecule has 1 saturated heterocycles. The number of phenolic OH excluding ortho intramolecular Hbond substituents is 1. The van der Waals surface area contributed by atoms with Crippen molar-refractivity contribution >= 4 is 17.6 Å². The zero-order valence-electron chi connectivity index (χ0n) is 10.1. The summed E-state index contributed by atoms with van der Waals surface area (Å²) in [5.74, 6) is -0.816. The van der Waals surface area contributed by atoms with Crippen molar-refractivity contribution in [2.45, 2.75) is 13.5 Å². The van der Waals surface area contributed by atoms with E-state index in [9.17, 15) is 9.90 Å². The number of phenols is 1. The van der Waals surface area contributed by atoms with Gasteiger partial charge in [0, 0.05) is 30.2 Å². The Morgan fingerprint density at radius 1 is 1.50 bits per heavy atom. The highest BCUT2D eigenvalue weighted by molar-refractivity contribution is 6.31. The largest absolute Gasteiger partial charge is 0.508 e. The van der Waals surface area contributed by atoms with Crippen LogP contribution in [0.4, 0.5) is 0 Å². The Balaban J connectivity index is 2.10. The molecule has 0 unspecified atom stereocenters. The topological polar surface area (TPSA) is 60.8 Å². The third kappa shape index (κ3) is 2.60. The van der Waals surface area contributed by atoms with Gasteiger partial charge in [-0.3, -0.25) is 9.69 Å². The normalized spacial score (nSPS) is 24.3. The minimum atomic E-state index is -0.756. The summed E-state index contributed by atoms with van der Waals surface area (Å²) in [6.45, 7) is 3.63. The Kier molecular flexibility index (Phi) is 3.78. The summed E-state index contributed by atoms with van der Waals surface area (Å²) in [4.78, 5) is 13.1. The first-order valence-electron chi connectivity index (χ1n) is 5.90. The number of aromatic hydroxyl groups is 1. The van der Waals surface area contributed by atoms with Gasteiger partial charge in [0.1, 0.15) is 5.75 Å². The average molecular weight is 270 g/mol. The lowest BCUT2D eigenvalue weighted by molar-refractivity contribution is -0.142. The molecule has 1 heterocycles. The number of nitrogens with zero attached hydrogens (tertiary/aromatic N) is 1. The van der Waals surface area contributed by atoms with Crippen LogP contribution >= 0.6 is 11.6 Å². The first kappa shape index (κ1) is 13.2. The molecule has 0 spiro atoms. The van der Waals surface area contributed by atoms with Crippen LogP contribution in [0.5, 0.6) is 5.75 Å². The second-order valence-electron chi connectivity index (χ2n) is 4.85. The number of benzene rings is 1. The highest BCUT2D eigenvalue weighted by Crippen LogP contribution is 2.30. The summed E-state index contributed by atoms with van der Waals surface area (Å²) in [5.41, 5.74) is 0.664. The van der Waals surface area contributed by atoms with Crippen LogP contribution < -0.4 is 0 Å². The van der Waals surface area contributed by atoms with E-state index in [4.69, 9.17) is 16.7 Å². The molecule has 1 aliphatic heterocycles. The van der Waals surface area contributed by atoms with Crippen molar-refractivity contribution < 1.29 is 15.0 Å². The molecule has 2 rings (SSSR count). The van der Waals surface area contributed by atoms with Crippen molar-refractivity contribution in [3.05, 3.63) is 28.8 Å². The maximum atomic E-state index is 11.0. The zero-order chi connectivity index (χ0) is 13.3. The number of likely N-dealkylation sites (tertiary alicyclic amines) is 1. The summed E-state index contributed by atoms with van der Waals surface area (Å²) >= 11 is 6.04. The van der Waals surface area contributed by atoms with Gasteiger partial charge in [-0.1, -0.05) is 24.6 Å². The molecule has 0 amide bonds. The third-order valence-electron chi connectivity index (χ3n) is 3.48. The predicted molar refractivity (Wildman–Crippen MR) is 68.7 cm³/mol. The number of carbonyl (C=O) groups is 1. The van der Waals surface area contributed by atoms with Crippen LogP contribution in [-0.2, 0) is 11.3 Å². The molecule has 1 fully saturated rings. The van der Waals surface area contributed by atoms with Crippen molar-refractivity contribution in [1.82, 2.24) is 4.90 Å². The molecule has 0 aromatic heterocycles. The van der Waals surface area contributed by atoms with Crippen LogP contribution in [0.1, 0.15) is 12.5 Å². The molecule has 1 aromatic rings. The standard InChI is InChI=1S/C13H16ClNO3/c1-8-5-15(6-9(8)13(17)18)7-10-11(14)3-2-4-12(10)16/h2-4,8-9,16H,5-7H2,1H3,(H,17,18)/t8-,9-/m1/s1. The fourth-order valence-corrected chi connectivity index (χ4v) is 2.67. The zero-order valence-corrected chi connectivity index (χ0v) is 10.9. The quantitative estimate of drug-likeness (QED) is 0.883. The van der Waals surface area contributed by atoms with Crippen LogP contribution in [0.2, 0.25) is 5.02 Å². The van der Waals surface area contributed by atoms with Crippen molar-refractivity contribution in [2.75, 3.05) is 13.1 Å². The highest BCUT2D eigenvalue weighted by Gasteiger charge is 2.34. The van der Waals surface area contributed by atoms with Crippen molar-refractivity contribution in [1.29, 1.82) is 0 Å². The molecule has 5 heteroatoms. The number of hydrogen-bond donors (Lipinski definition) is 2. The van der Waals surface area contributed by atoms with E-state index in [0.717, 1.165) is 0 Å². The molecule has 98 valence electrons. The second kappa shape index (κ2) is 5.16. The molecule has 2 atom stereocenters. The van der Waals surface area contributed by atoms with Gasteiger partial charge in [-0.05, 0) is 18.1 Å². The maximum absolute atomic E-state index is 11.0. The van der Waals surface area contributed by atoms with Crippen molar-refractivity contribution in [2.24, 2.45) is 11.8 Å². The van der Waals surface area contributed by atoms with Crippen LogP contribution in [0.15, 0.2) is 18.2 Å². The number of aliphatic carboxylic acids is 1. The van der Waals surface area contributed by atoms with Gasteiger partial charge in [-0.25, -0.2) is 0 Å². The molecule has 4 nitrogen and oxygen atoms in total. The Morgan fingerprint density at radius 2 is 2.22 bits per heavy atom. The van der Waals surface area contributed by atoms with Gasteiger partial charge < -0.3 is 10.2 Å². The highest BCUT2D eigenvalue weighted by atomic mass is 35.5. The summed E-state index contributed by atoms with van der Waals surface area (Å²) < 4.78 is 0. The van der Waals surface area contributed by atoms with Crippen molar-refractivity contribution in [3.8, 4) is 5.75 Å². The third-order valence-corrected chi connectivity index (χ3v) is 3.84. The van der Waals surface area contributed by atoms with E-state index in [-0.39, 0.29) is 17.6 Å². The Hall–Kier alpha value is -1.26.